The largest absolute Gasteiger partial charge is 0.380 e. The lowest BCUT2D eigenvalue weighted by Crippen LogP contribution is -2.34. The van der Waals surface area contributed by atoms with Gasteiger partial charge in [0.1, 0.15) is 6.61 Å². The van der Waals surface area contributed by atoms with Crippen LogP contribution in [0.1, 0.15) is 47.0 Å². The predicted molar refractivity (Wildman–Crippen MR) is 122 cm³/mol. The number of carbonyl (C=O) groups excluding carboxylic acids is 2. The molecule has 2 amide bonds. The number of hydrogen-bond acceptors (Lipinski definition) is 6. The molecule has 0 aromatic rings. The van der Waals surface area contributed by atoms with Gasteiger partial charge >= 0.3 is 0 Å². The summed E-state index contributed by atoms with van der Waals surface area (Å²) in [5.74, 6) is -0.0413. The summed E-state index contributed by atoms with van der Waals surface area (Å²) in [6, 6.07) is 0. The van der Waals surface area contributed by atoms with Crippen molar-refractivity contribution >= 4 is 21.1 Å². The van der Waals surface area contributed by atoms with E-state index in [2.05, 4.69) is 19.9 Å². The average molecular weight is 451 g/mol. The molecule has 0 aromatic heterocycles. The van der Waals surface area contributed by atoms with E-state index in [9.17, 15) is 9.59 Å². The predicted octanol–water partition coefficient (Wildman–Crippen LogP) is 1.76. The number of ether oxygens (including phenoxy) is 4. The summed E-state index contributed by atoms with van der Waals surface area (Å²) in [7, 11) is 2.69. The van der Waals surface area contributed by atoms with Gasteiger partial charge in [0.05, 0.1) is 32.5 Å². The van der Waals surface area contributed by atoms with Gasteiger partial charge in [-0.1, -0.05) is 13.8 Å². The van der Waals surface area contributed by atoms with E-state index in [0.717, 1.165) is 19.3 Å². The van der Waals surface area contributed by atoms with Crippen LogP contribution < -0.4 is 10.6 Å². The number of hydrogen-bond donors (Lipinski definition) is 2. The van der Waals surface area contributed by atoms with E-state index >= 15 is 0 Å². The van der Waals surface area contributed by atoms with Crippen LogP contribution in [0.15, 0.2) is 0 Å². The molecule has 2 unspecified atom stereocenters. The van der Waals surface area contributed by atoms with Crippen molar-refractivity contribution in [3.05, 3.63) is 0 Å². The van der Waals surface area contributed by atoms with Gasteiger partial charge in [-0.2, -0.15) is 0 Å². The van der Waals surface area contributed by atoms with E-state index in [1.54, 1.807) is 0 Å². The van der Waals surface area contributed by atoms with Crippen LogP contribution in [-0.4, -0.2) is 82.9 Å². The average Bonchev–Trinajstić information content (AvgIpc) is 2.70. The van der Waals surface area contributed by atoms with Gasteiger partial charge < -0.3 is 29.6 Å². The third-order valence-corrected chi connectivity index (χ3v) is 4.39. The second-order valence-corrected chi connectivity index (χ2v) is 8.67. The monoisotopic (exact) mass is 450 g/mol. The number of rotatable bonds is 20. The number of nitrogens with one attached hydrogen (secondary N) is 2. The topological polar surface area (TPSA) is 95.1 Å². The van der Waals surface area contributed by atoms with Gasteiger partial charge in [0.15, 0.2) is 0 Å². The summed E-state index contributed by atoms with van der Waals surface area (Å²) in [6.45, 7) is 12.4. The molecular weight excluding hydrogens is 407 g/mol. The highest BCUT2D eigenvalue weighted by Crippen LogP contribution is 2.01. The van der Waals surface area contributed by atoms with E-state index in [0.29, 0.717) is 52.7 Å². The minimum atomic E-state index is -0.112. The third-order valence-electron chi connectivity index (χ3n) is 3.96. The Morgan fingerprint density at radius 1 is 0.833 bits per heavy atom. The van der Waals surface area contributed by atoms with Crippen LogP contribution in [0.4, 0.5) is 0 Å². The Balaban J connectivity index is 3.26. The molecule has 178 valence electrons. The van der Waals surface area contributed by atoms with Gasteiger partial charge in [0.25, 0.3) is 0 Å². The van der Waals surface area contributed by atoms with Crippen molar-refractivity contribution in [2.45, 2.75) is 58.7 Å². The zero-order valence-corrected chi connectivity index (χ0v) is 20.4. The van der Waals surface area contributed by atoms with Crippen LogP contribution in [0.2, 0.25) is 0 Å². The maximum absolute atomic E-state index is 11.5. The molecule has 0 rings (SSSR count). The third kappa shape index (κ3) is 20.5. The summed E-state index contributed by atoms with van der Waals surface area (Å²) in [5.41, 5.74) is 0.203. The second-order valence-electron chi connectivity index (χ2n) is 7.73. The Bertz CT molecular complexity index is 438. The lowest BCUT2D eigenvalue weighted by molar-refractivity contribution is -0.127. The van der Waals surface area contributed by atoms with Crippen LogP contribution in [0.25, 0.3) is 0 Å². The van der Waals surface area contributed by atoms with Gasteiger partial charge in [0, 0.05) is 37.9 Å². The first kappa shape index (κ1) is 29.2. The molecule has 0 radical (unpaired) electrons. The van der Waals surface area contributed by atoms with E-state index in [4.69, 9.17) is 18.9 Å². The summed E-state index contributed by atoms with van der Waals surface area (Å²) in [5, 5.41) is 5.64. The molecule has 0 aliphatic heterocycles. The van der Waals surface area contributed by atoms with Crippen molar-refractivity contribution < 1.29 is 28.5 Å². The van der Waals surface area contributed by atoms with E-state index in [-0.39, 0.29) is 36.1 Å². The van der Waals surface area contributed by atoms with E-state index < -0.39 is 0 Å². The quantitative estimate of drug-likeness (QED) is 0.217. The zero-order chi connectivity index (χ0) is 22.6. The molecule has 2 atom stereocenters. The van der Waals surface area contributed by atoms with Crippen LogP contribution in [-0.2, 0) is 28.5 Å². The summed E-state index contributed by atoms with van der Waals surface area (Å²) in [6.07, 6.45) is 3.06. The Kier molecular flexibility index (Phi) is 19.6. The molecule has 8 nitrogen and oxygen atoms in total. The number of carbonyl (C=O) groups is 2. The van der Waals surface area contributed by atoms with Crippen LogP contribution in [0.5, 0.6) is 0 Å². The molecule has 0 bridgehead atoms. The van der Waals surface area contributed by atoms with Gasteiger partial charge in [-0.15, -0.1) is 9.24 Å². The molecule has 0 aromatic carbocycles. The SMILES string of the molecule is CC(C)OCC(=O)NCCOCCCCCOCCOCC(P)CNC(=O)C(C)C. The Morgan fingerprint density at radius 3 is 2.10 bits per heavy atom. The highest BCUT2D eigenvalue weighted by molar-refractivity contribution is 7.17. The van der Waals surface area contributed by atoms with Gasteiger partial charge in [-0.25, -0.2) is 0 Å². The molecule has 2 N–H and O–H groups in total. The summed E-state index contributed by atoms with van der Waals surface area (Å²) < 4.78 is 21.8. The maximum Gasteiger partial charge on any atom is 0.246 e. The zero-order valence-electron chi connectivity index (χ0n) is 19.2. The van der Waals surface area contributed by atoms with Crippen molar-refractivity contribution in [1.29, 1.82) is 0 Å². The van der Waals surface area contributed by atoms with Crippen molar-refractivity contribution in [2.24, 2.45) is 5.92 Å². The maximum atomic E-state index is 11.5. The van der Waals surface area contributed by atoms with Crippen molar-refractivity contribution in [3.63, 3.8) is 0 Å². The van der Waals surface area contributed by atoms with Crippen LogP contribution in [0, 0.1) is 5.92 Å². The highest BCUT2D eigenvalue weighted by Gasteiger charge is 2.09. The molecule has 0 heterocycles. The molecule has 0 spiro atoms. The molecule has 0 aliphatic rings. The Labute approximate surface area is 184 Å². The first-order valence-corrected chi connectivity index (χ1v) is 11.6. The smallest absolute Gasteiger partial charge is 0.246 e. The molecule has 0 saturated heterocycles. The second kappa shape index (κ2) is 20.1. The van der Waals surface area contributed by atoms with Crippen LogP contribution >= 0.6 is 9.24 Å². The fourth-order valence-corrected chi connectivity index (χ4v) is 2.45. The van der Waals surface area contributed by atoms with E-state index in [1.165, 1.54) is 0 Å². The number of amides is 2. The van der Waals surface area contributed by atoms with Gasteiger partial charge in [-0.05, 0) is 33.1 Å². The molecular formula is C21H43N2O6P. The fraction of sp³-hybridized carbons (Fsp3) is 0.905. The van der Waals surface area contributed by atoms with E-state index in [1.807, 2.05) is 27.7 Å². The molecule has 0 fully saturated rings. The van der Waals surface area contributed by atoms with Crippen LogP contribution in [0.3, 0.4) is 0 Å². The molecule has 0 saturated carbocycles. The molecule has 9 heteroatoms. The molecule has 30 heavy (non-hydrogen) atoms. The van der Waals surface area contributed by atoms with Gasteiger partial charge in [0.2, 0.25) is 11.8 Å². The van der Waals surface area contributed by atoms with Crippen molar-refractivity contribution in [2.75, 3.05) is 59.3 Å². The first-order valence-electron chi connectivity index (χ1n) is 11.0. The lowest BCUT2D eigenvalue weighted by atomic mass is 10.2. The summed E-state index contributed by atoms with van der Waals surface area (Å²) in [4.78, 5) is 22.9. The highest BCUT2D eigenvalue weighted by atomic mass is 31.0. The normalized spacial score (nSPS) is 12.4. The van der Waals surface area contributed by atoms with Crippen molar-refractivity contribution in [1.82, 2.24) is 10.6 Å². The summed E-state index contributed by atoms with van der Waals surface area (Å²) >= 11 is 0. The Hall–Kier alpha value is -0.790. The lowest BCUT2D eigenvalue weighted by Gasteiger charge is -2.14. The fourth-order valence-electron chi connectivity index (χ4n) is 2.19. The number of unbranched alkanes of at least 4 members (excludes halogenated alkanes) is 2. The minimum absolute atomic E-state index is 0.00529. The van der Waals surface area contributed by atoms with Gasteiger partial charge in [-0.3, -0.25) is 9.59 Å². The standard InChI is InChI=1S/C21H43N2O6P/c1-17(2)21(25)23-14-19(30)15-28-13-12-27-10-7-5-6-9-26-11-8-22-20(24)16-29-18(3)4/h17-19H,5-16,30H2,1-4H3,(H,22,24)(H,23,25). The van der Waals surface area contributed by atoms with Crippen molar-refractivity contribution in [3.8, 4) is 0 Å². The minimum Gasteiger partial charge on any atom is -0.380 e. The first-order chi connectivity index (χ1) is 14.3. The molecule has 0 aliphatic carbocycles. The Morgan fingerprint density at radius 2 is 1.47 bits per heavy atom.